The predicted molar refractivity (Wildman–Crippen MR) is 116 cm³/mol. The first-order chi connectivity index (χ1) is 16.0. The Kier molecular flexibility index (Phi) is 6.43. The minimum Gasteiger partial charge on any atom is -0.416 e. The fourth-order valence-electron chi connectivity index (χ4n) is 4.23. The Labute approximate surface area is 194 Å². The van der Waals surface area contributed by atoms with Gasteiger partial charge in [-0.1, -0.05) is 6.07 Å². The molecule has 1 fully saturated rings. The van der Waals surface area contributed by atoms with Gasteiger partial charge in [-0.15, -0.1) is 0 Å². The topological polar surface area (TPSA) is 77.9 Å². The molecule has 4 rings (SSSR count). The normalized spacial score (nSPS) is 20.3. The molecule has 11 heteroatoms. The number of anilines is 1. The molecule has 1 amide bonds. The van der Waals surface area contributed by atoms with Crippen LogP contribution in [0.1, 0.15) is 52.5 Å². The van der Waals surface area contributed by atoms with E-state index < -0.39 is 37.0 Å². The van der Waals surface area contributed by atoms with Crippen molar-refractivity contribution in [2.75, 3.05) is 32.1 Å². The Bertz CT molecular complexity index is 1080. The van der Waals surface area contributed by atoms with Gasteiger partial charge in [0.05, 0.1) is 12.1 Å². The van der Waals surface area contributed by atoms with E-state index in [1.807, 2.05) is 19.0 Å². The lowest BCUT2D eigenvalue weighted by Crippen LogP contribution is -2.57. The lowest BCUT2D eigenvalue weighted by Gasteiger charge is -2.43. The molecule has 0 unspecified atom stereocenters. The number of carbonyl (C=O) groups is 1. The standard InChI is InChI=1S/C23H26F4N4O3/c1-12(28-20(33)13-4-6-17-16(8-13)18(32)9-23(17,26)27)15-5-7-19(29-21(15)34-22(24)25)31-10-14(11-31)30(2)3/h4-8,12,14,18,22,32H,9-11H2,1-3H3,(H,28,33)/t12-,18+/m0/s1. The van der Waals surface area contributed by atoms with Gasteiger partial charge in [0.15, 0.2) is 0 Å². The number of aliphatic hydroxyl groups excluding tert-OH is 1. The van der Waals surface area contributed by atoms with Crippen molar-refractivity contribution in [3.05, 3.63) is 52.6 Å². The number of halogens is 4. The number of pyridine rings is 1. The average molecular weight is 482 g/mol. The third kappa shape index (κ3) is 4.67. The van der Waals surface area contributed by atoms with Crippen molar-refractivity contribution in [3.63, 3.8) is 0 Å². The van der Waals surface area contributed by atoms with Crippen molar-refractivity contribution in [1.82, 2.24) is 15.2 Å². The number of aromatic nitrogens is 1. The number of hydrogen-bond donors (Lipinski definition) is 2. The SMILES string of the molecule is C[C@H](NC(=O)c1ccc2c(c1)[C@H](O)CC2(F)F)c1ccc(N2CC(N(C)C)C2)nc1OC(F)F. The van der Waals surface area contributed by atoms with Crippen molar-refractivity contribution < 1.29 is 32.2 Å². The van der Waals surface area contributed by atoms with Crippen LogP contribution in [-0.2, 0) is 5.92 Å². The average Bonchev–Trinajstić information content (AvgIpc) is 2.94. The lowest BCUT2D eigenvalue weighted by atomic mass is 10.0. The molecule has 1 aliphatic heterocycles. The van der Waals surface area contributed by atoms with Gasteiger partial charge in [-0.25, -0.2) is 8.78 Å². The summed E-state index contributed by atoms with van der Waals surface area (Å²) in [7, 11) is 3.92. The maximum atomic E-state index is 13.9. The van der Waals surface area contributed by atoms with E-state index in [2.05, 4.69) is 19.9 Å². The molecule has 2 heterocycles. The first-order valence-electron chi connectivity index (χ1n) is 10.8. The van der Waals surface area contributed by atoms with Crippen LogP contribution in [0.3, 0.4) is 0 Å². The molecule has 184 valence electrons. The van der Waals surface area contributed by atoms with Crippen molar-refractivity contribution in [3.8, 4) is 5.88 Å². The molecular weight excluding hydrogens is 456 g/mol. The second-order valence-corrected chi connectivity index (χ2v) is 8.89. The fourth-order valence-corrected chi connectivity index (χ4v) is 4.23. The van der Waals surface area contributed by atoms with Gasteiger partial charge >= 0.3 is 6.61 Å². The van der Waals surface area contributed by atoms with E-state index in [0.29, 0.717) is 24.9 Å². The Morgan fingerprint density at radius 1 is 1.26 bits per heavy atom. The zero-order valence-electron chi connectivity index (χ0n) is 18.9. The van der Waals surface area contributed by atoms with Crippen LogP contribution in [0.25, 0.3) is 0 Å². The summed E-state index contributed by atoms with van der Waals surface area (Å²) < 4.78 is 58.6. The van der Waals surface area contributed by atoms with Gasteiger partial charge in [0.1, 0.15) is 5.82 Å². The van der Waals surface area contributed by atoms with Gasteiger partial charge in [-0.05, 0) is 50.8 Å². The summed E-state index contributed by atoms with van der Waals surface area (Å²) in [5, 5.41) is 12.6. The number of nitrogens with one attached hydrogen (secondary N) is 1. The van der Waals surface area contributed by atoms with Crippen molar-refractivity contribution in [1.29, 1.82) is 0 Å². The van der Waals surface area contributed by atoms with Crippen molar-refractivity contribution in [2.45, 2.75) is 44.1 Å². The number of ether oxygens (including phenoxy) is 1. The number of alkyl halides is 4. The summed E-state index contributed by atoms with van der Waals surface area (Å²) in [5.74, 6) is -3.57. The first-order valence-corrected chi connectivity index (χ1v) is 10.8. The lowest BCUT2D eigenvalue weighted by molar-refractivity contribution is -0.0536. The molecule has 1 aromatic carbocycles. The highest BCUT2D eigenvalue weighted by Gasteiger charge is 2.44. The summed E-state index contributed by atoms with van der Waals surface area (Å²) in [4.78, 5) is 21.0. The van der Waals surface area contributed by atoms with E-state index in [1.165, 1.54) is 12.1 Å². The van der Waals surface area contributed by atoms with Gasteiger partial charge in [0.2, 0.25) is 5.88 Å². The van der Waals surface area contributed by atoms with Gasteiger partial charge < -0.3 is 25.0 Å². The van der Waals surface area contributed by atoms with E-state index in [0.717, 1.165) is 6.07 Å². The molecule has 1 saturated heterocycles. The Morgan fingerprint density at radius 2 is 1.97 bits per heavy atom. The Balaban J connectivity index is 1.51. The van der Waals surface area contributed by atoms with Gasteiger partial charge in [0.25, 0.3) is 11.8 Å². The summed E-state index contributed by atoms with van der Waals surface area (Å²) >= 11 is 0. The number of benzene rings is 1. The van der Waals surface area contributed by atoms with Crippen molar-refractivity contribution >= 4 is 11.7 Å². The van der Waals surface area contributed by atoms with E-state index in [9.17, 15) is 27.5 Å². The molecular formula is C23H26F4N4O3. The fraction of sp³-hybridized carbons (Fsp3) is 0.478. The highest BCUT2D eigenvalue weighted by Crippen LogP contribution is 2.47. The second kappa shape index (κ2) is 9.03. The van der Waals surface area contributed by atoms with Crippen LogP contribution in [0.4, 0.5) is 23.4 Å². The quantitative estimate of drug-likeness (QED) is 0.589. The van der Waals surface area contributed by atoms with Crippen LogP contribution < -0.4 is 15.0 Å². The molecule has 0 bridgehead atoms. The number of carbonyl (C=O) groups excluding carboxylic acids is 1. The number of hydrogen-bond acceptors (Lipinski definition) is 6. The Hall–Kier alpha value is -2.92. The largest absolute Gasteiger partial charge is 0.416 e. The second-order valence-electron chi connectivity index (χ2n) is 8.89. The van der Waals surface area contributed by atoms with Crippen LogP contribution in [-0.4, -0.2) is 60.7 Å². The Morgan fingerprint density at radius 3 is 2.62 bits per heavy atom. The van der Waals surface area contributed by atoms with Crippen molar-refractivity contribution in [2.24, 2.45) is 0 Å². The minimum absolute atomic E-state index is 0.00335. The highest BCUT2D eigenvalue weighted by atomic mass is 19.3. The maximum Gasteiger partial charge on any atom is 0.388 e. The van der Waals surface area contributed by atoms with Crippen LogP contribution in [0.2, 0.25) is 0 Å². The summed E-state index contributed by atoms with van der Waals surface area (Å²) in [6, 6.07) is 6.41. The molecule has 2 aromatic rings. The zero-order chi connectivity index (χ0) is 24.8. The number of rotatable bonds is 7. The van der Waals surface area contributed by atoms with Gasteiger partial charge in [0, 0.05) is 42.2 Å². The molecule has 7 nitrogen and oxygen atoms in total. The zero-order valence-corrected chi connectivity index (χ0v) is 18.9. The maximum absolute atomic E-state index is 13.9. The number of nitrogens with zero attached hydrogens (tertiary/aromatic N) is 3. The number of fused-ring (bicyclic) bond motifs is 1. The molecule has 2 N–H and O–H groups in total. The van der Waals surface area contributed by atoms with E-state index in [4.69, 9.17) is 0 Å². The van der Waals surface area contributed by atoms with E-state index >= 15 is 0 Å². The monoisotopic (exact) mass is 482 g/mol. The summed E-state index contributed by atoms with van der Waals surface area (Å²) in [5.41, 5.74) is 0.0107. The number of likely N-dealkylation sites (N-methyl/N-ethyl adjacent to an activating group) is 1. The van der Waals surface area contributed by atoms with Crippen LogP contribution in [0.15, 0.2) is 30.3 Å². The number of aliphatic hydroxyl groups is 1. The molecule has 2 atom stereocenters. The molecule has 34 heavy (non-hydrogen) atoms. The summed E-state index contributed by atoms with van der Waals surface area (Å²) in [6.45, 7) is -0.129. The van der Waals surface area contributed by atoms with Crippen LogP contribution in [0.5, 0.6) is 5.88 Å². The van der Waals surface area contributed by atoms with Crippen LogP contribution in [0, 0.1) is 0 Å². The molecule has 1 aromatic heterocycles. The molecule has 0 radical (unpaired) electrons. The van der Waals surface area contributed by atoms with E-state index in [-0.39, 0.29) is 28.1 Å². The van der Waals surface area contributed by atoms with Gasteiger partial charge in [-0.2, -0.15) is 13.8 Å². The first kappa shape index (κ1) is 24.2. The van der Waals surface area contributed by atoms with Crippen LogP contribution >= 0.6 is 0 Å². The molecule has 1 aliphatic carbocycles. The minimum atomic E-state index is -3.16. The predicted octanol–water partition coefficient (Wildman–Crippen LogP) is 3.45. The third-order valence-electron chi connectivity index (χ3n) is 6.32. The molecule has 2 aliphatic rings. The highest BCUT2D eigenvalue weighted by molar-refractivity contribution is 5.94. The summed E-state index contributed by atoms with van der Waals surface area (Å²) in [6.07, 6.45) is -2.10. The van der Waals surface area contributed by atoms with E-state index in [1.54, 1.807) is 19.1 Å². The third-order valence-corrected chi connectivity index (χ3v) is 6.32. The molecule has 0 spiro atoms. The van der Waals surface area contributed by atoms with Gasteiger partial charge in [-0.3, -0.25) is 4.79 Å². The molecule has 0 saturated carbocycles. The smallest absolute Gasteiger partial charge is 0.388 e. The number of amides is 1.